The molecule has 0 amide bonds. The Morgan fingerprint density at radius 1 is 1.24 bits per heavy atom. The van der Waals surface area contributed by atoms with Crippen LogP contribution in [0.25, 0.3) is 0 Å². The number of rotatable bonds is 8. The molecule has 21 heavy (non-hydrogen) atoms. The van der Waals surface area contributed by atoms with E-state index in [2.05, 4.69) is 24.2 Å². The maximum absolute atomic E-state index is 5.85. The zero-order valence-electron chi connectivity index (χ0n) is 13.5. The summed E-state index contributed by atoms with van der Waals surface area (Å²) in [7, 11) is 3.24. The van der Waals surface area contributed by atoms with Crippen molar-refractivity contribution < 1.29 is 9.47 Å². The van der Waals surface area contributed by atoms with Gasteiger partial charge < -0.3 is 20.5 Å². The lowest BCUT2D eigenvalue weighted by Gasteiger charge is -2.09. The summed E-state index contributed by atoms with van der Waals surface area (Å²) >= 11 is 0. The highest BCUT2D eigenvalue weighted by Crippen LogP contribution is 2.27. The van der Waals surface area contributed by atoms with E-state index >= 15 is 0 Å². The first kappa shape index (κ1) is 17.1. The quantitative estimate of drug-likeness (QED) is 0.439. The maximum Gasteiger partial charge on any atom is 0.188 e. The summed E-state index contributed by atoms with van der Waals surface area (Å²) < 4.78 is 10.5. The fourth-order valence-electron chi connectivity index (χ4n) is 1.94. The maximum atomic E-state index is 5.85. The molecule has 0 radical (unpaired) electrons. The van der Waals surface area contributed by atoms with Gasteiger partial charge in [-0.1, -0.05) is 19.9 Å². The van der Waals surface area contributed by atoms with E-state index < -0.39 is 0 Å². The summed E-state index contributed by atoms with van der Waals surface area (Å²) in [4.78, 5) is 4.33. The van der Waals surface area contributed by atoms with E-state index in [1.165, 1.54) is 6.42 Å². The van der Waals surface area contributed by atoms with E-state index in [1.54, 1.807) is 14.2 Å². The minimum absolute atomic E-state index is 0.480. The predicted molar refractivity (Wildman–Crippen MR) is 86.9 cm³/mol. The lowest BCUT2D eigenvalue weighted by molar-refractivity contribution is 0.354. The van der Waals surface area contributed by atoms with Gasteiger partial charge in [0.05, 0.1) is 20.8 Å². The lowest BCUT2D eigenvalue weighted by atomic mass is 10.1. The number of methoxy groups -OCH3 is 2. The van der Waals surface area contributed by atoms with Crippen LogP contribution >= 0.6 is 0 Å². The first-order valence-electron chi connectivity index (χ1n) is 7.31. The van der Waals surface area contributed by atoms with E-state index in [-0.39, 0.29) is 0 Å². The Morgan fingerprint density at radius 3 is 2.57 bits per heavy atom. The van der Waals surface area contributed by atoms with Gasteiger partial charge in [0.25, 0.3) is 0 Å². The zero-order valence-corrected chi connectivity index (χ0v) is 13.5. The third-order valence-electron chi connectivity index (χ3n) is 3.14. The number of nitrogens with two attached hydrogens (primary N) is 1. The second kappa shape index (κ2) is 9.10. The van der Waals surface area contributed by atoms with Crippen LogP contribution < -0.4 is 20.5 Å². The number of hydrogen-bond donors (Lipinski definition) is 2. The topological polar surface area (TPSA) is 68.9 Å². The molecule has 1 aromatic carbocycles. The molecule has 5 nitrogen and oxygen atoms in total. The molecule has 0 aromatic heterocycles. The number of nitrogens with one attached hydrogen (secondary N) is 1. The van der Waals surface area contributed by atoms with Crippen LogP contribution in [0, 0.1) is 5.92 Å². The van der Waals surface area contributed by atoms with E-state index in [4.69, 9.17) is 15.2 Å². The summed E-state index contributed by atoms with van der Waals surface area (Å²) in [6.07, 6.45) is 2.29. The Kier molecular flexibility index (Phi) is 7.43. The van der Waals surface area contributed by atoms with E-state index in [0.29, 0.717) is 24.0 Å². The van der Waals surface area contributed by atoms with Crippen molar-refractivity contribution in [1.29, 1.82) is 0 Å². The van der Waals surface area contributed by atoms with E-state index in [0.717, 1.165) is 24.4 Å². The number of benzene rings is 1. The molecule has 118 valence electrons. The number of guanidine groups is 1. The highest BCUT2D eigenvalue weighted by atomic mass is 16.5. The number of ether oxygens (including phenoxy) is 2. The monoisotopic (exact) mass is 293 g/mol. The molecule has 0 aliphatic carbocycles. The number of hydrogen-bond acceptors (Lipinski definition) is 3. The summed E-state index contributed by atoms with van der Waals surface area (Å²) in [6.45, 7) is 5.81. The van der Waals surface area contributed by atoms with Crippen LogP contribution in [0.3, 0.4) is 0 Å². The summed E-state index contributed by atoms with van der Waals surface area (Å²) in [5.41, 5.74) is 6.88. The van der Waals surface area contributed by atoms with Gasteiger partial charge in [-0.25, -0.2) is 4.99 Å². The molecule has 5 heteroatoms. The predicted octanol–water partition coefficient (Wildman–Crippen LogP) is 2.54. The molecule has 3 N–H and O–H groups in total. The fourth-order valence-corrected chi connectivity index (χ4v) is 1.94. The fraction of sp³-hybridized carbons (Fsp3) is 0.562. The Bertz CT molecular complexity index is 459. The van der Waals surface area contributed by atoms with Crippen molar-refractivity contribution in [1.82, 2.24) is 5.32 Å². The molecule has 0 aliphatic rings. The average molecular weight is 293 g/mol. The molecule has 0 heterocycles. The largest absolute Gasteiger partial charge is 0.493 e. The molecule has 0 fully saturated rings. The molecule has 0 saturated carbocycles. The van der Waals surface area contributed by atoms with Gasteiger partial charge in [0.15, 0.2) is 17.5 Å². The molecule has 1 rings (SSSR count). The second-order valence-corrected chi connectivity index (χ2v) is 5.35. The SMILES string of the molecule is COc1ccc(CN=C(N)NCCCC(C)C)cc1OC. The van der Waals surface area contributed by atoms with Crippen LogP contribution in [0.4, 0.5) is 0 Å². The van der Waals surface area contributed by atoms with Crippen LogP contribution in [-0.2, 0) is 6.54 Å². The standard InChI is InChI=1S/C16H27N3O2/c1-12(2)6-5-9-18-16(17)19-11-13-7-8-14(20-3)15(10-13)21-4/h7-8,10,12H,5-6,9,11H2,1-4H3,(H3,17,18,19). The summed E-state index contributed by atoms with van der Waals surface area (Å²) in [5.74, 6) is 2.61. The molecule has 0 bridgehead atoms. The molecule has 0 atom stereocenters. The highest BCUT2D eigenvalue weighted by Gasteiger charge is 2.04. The van der Waals surface area contributed by atoms with Crippen LogP contribution in [0.5, 0.6) is 11.5 Å². The van der Waals surface area contributed by atoms with Crippen molar-refractivity contribution in [2.75, 3.05) is 20.8 Å². The molecule has 0 saturated heterocycles. The normalized spacial score (nSPS) is 11.6. The van der Waals surface area contributed by atoms with Crippen molar-refractivity contribution in [2.45, 2.75) is 33.2 Å². The number of aliphatic imine (C=N–C) groups is 1. The van der Waals surface area contributed by atoms with Crippen molar-refractivity contribution in [3.05, 3.63) is 23.8 Å². The average Bonchev–Trinajstić information content (AvgIpc) is 2.48. The lowest BCUT2D eigenvalue weighted by Crippen LogP contribution is -2.32. The van der Waals surface area contributed by atoms with Crippen molar-refractivity contribution in [3.63, 3.8) is 0 Å². The molecule has 0 aliphatic heterocycles. The van der Waals surface area contributed by atoms with Gasteiger partial charge >= 0.3 is 0 Å². The summed E-state index contributed by atoms with van der Waals surface area (Å²) in [6, 6.07) is 5.74. The molecule has 0 unspecified atom stereocenters. The smallest absolute Gasteiger partial charge is 0.188 e. The number of nitrogens with zero attached hydrogens (tertiary/aromatic N) is 1. The van der Waals surface area contributed by atoms with Gasteiger partial charge in [0.1, 0.15) is 0 Å². The van der Waals surface area contributed by atoms with Gasteiger partial charge in [-0.15, -0.1) is 0 Å². The van der Waals surface area contributed by atoms with Crippen LogP contribution in [0.2, 0.25) is 0 Å². The Balaban J connectivity index is 2.47. The third kappa shape index (κ3) is 6.38. The van der Waals surface area contributed by atoms with Crippen molar-refractivity contribution in [2.24, 2.45) is 16.6 Å². The molecule has 0 spiro atoms. The van der Waals surface area contributed by atoms with Gasteiger partial charge in [-0.2, -0.15) is 0 Å². The molecular weight excluding hydrogens is 266 g/mol. The Morgan fingerprint density at radius 2 is 1.95 bits per heavy atom. The molecular formula is C16H27N3O2. The first-order chi connectivity index (χ1) is 10.1. The van der Waals surface area contributed by atoms with Crippen LogP contribution in [0.1, 0.15) is 32.3 Å². The van der Waals surface area contributed by atoms with Gasteiger partial charge in [-0.3, -0.25) is 0 Å². The van der Waals surface area contributed by atoms with Gasteiger partial charge in [-0.05, 0) is 36.5 Å². The van der Waals surface area contributed by atoms with E-state index in [9.17, 15) is 0 Å². The van der Waals surface area contributed by atoms with Gasteiger partial charge in [0.2, 0.25) is 0 Å². The van der Waals surface area contributed by atoms with Crippen molar-refractivity contribution in [3.8, 4) is 11.5 Å². The van der Waals surface area contributed by atoms with Crippen molar-refractivity contribution >= 4 is 5.96 Å². The second-order valence-electron chi connectivity index (χ2n) is 5.35. The molecule has 1 aromatic rings. The summed E-state index contributed by atoms with van der Waals surface area (Å²) in [5, 5.41) is 3.13. The van der Waals surface area contributed by atoms with Gasteiger partial charge in [0, 0.05) is 6.54 Å². The third-order valence-corrected chi connectivity index (χ3v) is 3.14. The van der Waals surface area contributed by atoms with Crippen LogP contribution in [0.15, 0.2) is 23.2 Å². The minimum Gasteiger partial charge on any atom is -0.493 e. The Hall–Kier alpha value is -1.91. The highest BCUT2D eigenvalue weighted by molar-refractivity contribution is 5.77. The minimum atomic E-state index is 0.480. The Labute approximate surface area is 127 Å². The van der Waals surface area contributed by atoms with Crippen LogP contribution in [-0.4, -0.2) is 26.7 Å². The van der Waals surface area contributed by atoms with E-state index in [1.807, 2.05) is 18.2 Å². The first-order valence-corrected chi connectivity index (χ1v) is 7.31. The zero-order chi connectivity index (χ0) is 15.7.